The molecule has 1 atom stereocenters. The monoisotopic (exact) mass is 462 g/mol. The highest BCUT2D eigenvalue weighted by atomic mass is 35.5. The molecule has 1 aromatic carbocycles. The van der Waals surface area contributed by atoms with E-state index in [1.165, 1.54) is 13.0 Å². The van der Waals surface area contributed by atoms with Gasteiger partial charge in [0.05, 0.1) is 10.6 Å². The third kappa shape index (κ3) is 6.27. The van der Waals surface area contributed by atoms with Crippen molar-refractivity contribution in [3.63, 3.8) is 0 Å². The molecular formula is C22H18ClF3N4O2. The number of nitrogens with zero attached hydrogens (tertiary/aromatic N) is 3. The van der Waals surface area contributed by atoms with Gasteiger partial charge in [-0.05, 0) is 36.8 Å². The van der Waals surface area contributed by atoms with Crippen molar-refractivity contribution in [3.8, 4) is 23.0 Å². The first-order chi connectivity index (χ1) is 15.1. The first-order valence-corrected chi connectivity index (χ1v) is 9.78. The van der Waals surface area contributed by atoms with E-state index >= 15 is 0 Å². The van der Waals surface area contributed by atoms with Gasteiger partial charge >= 0.3 is 6.18 Å². The van der Waals surface area contributed by atoms with E-state index in [4.69, 9.17) is 16.3 Å². The summed E-state index contributed by atoms with van der Waals surface area (Å²) in [6.45, 7) is 3.30. The second-order valence-corrected chi connectivity index (χ2v) is 7.23. The van der Waals surface area contributed by atoms with Gasteiger partial charge in [0, 0.05) is 43.2 Å². The van der Waals surface area contributed by atoms with Gasteiger partial charge in [-0.2, -0.15) is 13.2 Å². The predicted octanol–water partition coefficient (Wildman–Crippen LogP) is 5.54. The molecule has 1 amide bonds. The zero-order valence-electron chi connectivity index (χ0n) is 17.0. The molecule has 0 aliphatic rings. The molecule has 3 rings (SSSR count). The molecule has 0 saturated carbocycles. The topological polar surface area (TPSA) is 77.0 Å². The van der Waals surface area contributed by atoms with E-state index in [9.17, 15) is 18.0 Å². The molecule has 0 radical (unpaired) electrons. The molecule has 1 N–H and O–H groups in total. The van der Waals surface area contributed by atoms with Gasteiger partial charge in [0.2, 0.25) is 11.8 Å². The smallest absolute Gasteiger partial charge is 0.419 e. The number of aromatic nitrogens is 3. The fourth-order valence-electron chi connectivity index (χ4n) is 2.63. The maximum absolute atomic E-state index is 12.7. The quantitative estimate of drug-likeness (QED) is 0.520. The fraction of sp³-hybridized carbons (Fsp3) is 0.182. The van der Waals surface area contributed by atoms with Gasteiger partial charge in [-0.15, -0.1) is 0 Å². The van der Waals surface area contributed by atoms with Crippen LogP contribution in [0.4, 0.5) is 13.2 Å². The number of pyridine rings is 1. The van der Waals surface area contributed by atoms with Crippen LogP contribution in [0.15, 0.2) is 55.0 Å². The number of halogens is 4. The SMILES string of the molecule is CC(=O)N[C@@H](C)/C=C/c1ccc(Oc2ccc(-c3ncc(C(F)(F)F)cn3)cc2Cl)nc1. The van der Waals surface area contributed by atoms with Crippen LogP contribution in [0.25, 0.3) is 17.5 Å². The highest BCUT2D eigenvalue weighted by Crippen LogP contribution is 2.33. The molecule has 3 aromatic rings. The number of amides is 1. The van der Waals surface area contributed by atoms with Crippen molar-refractivity contribution in [2.75, 3.05) is 0 Å². The van der Waals surface area contributed by atoms with Gasteiger partial charge in [0.15, 0.2) is 5.82 Å². The summed E-state index contributed by atoms with van der Waals surface area (Å²) in [5.74, 6) is 0.612. The van der Waals surface area contributed by atoms with Crippen molar-refractivity contribution >= 4 is 23.6 Å². The van der Waals surface area contributed by atoms with Gasteiger partial charge in [-0.1, -0.05) is 23.8 Å². The summed E-state index contributed by atoms with van der Waals surface area (Å²) in [6, 6.07) is 7.98. The molecule has 0 bridgehead atoms. The van der Waals surface area contributed by atoms with E-state index in [1.54, 1.807) is 30.5 Å². The highest BCUT2D eigenvalue weighted by Gasteiger charge is 2.31. The first kappa shape index (κ1) is 23.2. The third-order valence-electron chi connectivity index (χ3n) is 4.15. The van der Waals surface area contributed by atoms with Gasteiger partial charge in [0.25, 0.3) is 0 Å². The number of benzene rings is 1. The number of carbonyl (C=O) groups is 1. The fourth-order valence-corrected chi connectivity index (χ4v) is 2.85. The lowest BCUT2D eigenvalue weighted by atomic mass is 10.2. The lowest BCUT2D eigenvalue weighted by Crippen LogP contribution is -2.28. The Labute approximate surface area is 187 Å². The Morgan fingerprint density at radius 3 is 2.41 bits per heavy atom. The summed E-state index contributed by atoms with van der Waals surface area (Å²) >= 11 is 6.26. The number of hydrogen-bond acceptors (Lipinski definition) is 5. The van der Waals surface area contributed by atoms with Crippen LogP contribution in [0.3, 0.4) is 0 Å². The molecule has 6 nitrogen and oxygen atoms in total. The van der Waals surface area contributed by atoms with Crippen molar-refractivity contribution in [1.82, 2.24) is 20.3 Å². The van der Waals surface area contributed by atoms with Crippen LogP contribution in [0.1, 0.15) is 25.0 Å². The van der Waals surface area contributed by atoms with Gasteiger partial charge in [-0.25, -0.2) is 15.0 Å². The molecule has 0 saturated heterocycles. The van der Waals surface area contributed by atoms with Crippen molar-refractivity contribution in [3.05, 3.63) is 71.1 Å². The Balaban J connectivity index is 1.68. The van der Waals surface area contributed by atoms with Gasteiger partial charge in [0.1, 0.15) is 5.75 Å². The van der Waals surface area contributed by atoms with Gasteiger partial charge in [-0.3, -0.25) is 4.79 Å². The molecule has 10 heteroatoms. The molecule has 0 spiro atoms. The van der Waals surface area contributed by atoms with Gasteiger partial charge < -0.3 is 10.1 Å². The second kappa shape index (κ2) is 9.78. The average Bonchev–Trinajstić information content (AvgIpc) is 2.73. The van der Waals surface area contributed by atoms with Crippen LogP contribution in [0, 0.1) is 0 Å². The zero-order chi connectivity index (χ0) is 23.3. The maximum Gasteiger partial charge on any atom is 0.419 e. The van der Waals surface area contributed by atoms with Crippen molar-refractivity contribution in [2.24, 2.45) is 0 Å². The minimum Gasteiger partial charge on any atom is -0.437 e. The van der Waals surface area contributed by atoms with E-state index < -0.39 is 11.7 Å². The number of hydrogen-bond donors (Lipinski definition) is 1. The number of alkyl halides is 3. The molecule has 0 fully saturated rings. The largest absolute Gasteiger partial charge is 0.437 e. The standard InChI is InChI=1S/C22H18ClF3N4O2/c1-13(30-14(2)31)3-4-15-5-8-20(27-10-15)32-19-7-6-16(9-18(19)23)21-28-11-17(12-29-21)22(24,25)26/h3-13H,1-2H3,(H,30,31)/b4-3+/t13-/m0/s1. The molecular weight excluding hydrogens is 445 g/mol. The number of rotatable bonds is 6. The van der Waals surface area contributed by atoms with E-state index in [0.29, 0.717) is 17.2 Å². The zero-order valence-corrected chi connectivity index (χ0v) is 17.8. The Morgan fingerprint density at radius 1 is 1.12 bits per heavy atom. The minimum absolute atomic E-state index is 0.106. The summed E-state index contributed by atoms with van der Waals surface area (Å²) in [4.78, 5) is 22.8. The van der Waals surface area contributed by atoms with Crippen molar-refractivity contribution in [2.45, 2.75) is 26.1 Å². The lowest BCUT2D eigenvalue weighted by Gasteiger charge is -2.09. The number of nitrogens with one attached hydrogen (secondary N) is 1. The van der Waals surface area contributed by atoms with Crippen LogP contribution in [0.5, 0.6) is 11.6 Å². The Kier molecular flexibility index (Phi) is 7.09. The molecule has 166 valence electrons. The van der Waals surface area contributed by atoms with Crippen LogP contribution >= 0.6 is 11.6 Å². The van der Waals surface area contributed by atoms with Crippen LogP contribution in [-0.4, -0.2) is 26.9 Å². The Morgan fingerprint density at radius 2 is 1.84 bits per heavy atom. The second-order valence-electron chi connectivity index (χ2n) is 6.82. The summed E-state index contributed by atoms with van der Waals surface area (Å²) < 4.78 is 43.6. The first-order valence-electron chi connectivity index (χ1n) is 9.40. The minimum atomic E-state index is -4.50. The number of ether oxygens (including phenoxy) is 1. The van der Waals surface area contributed by atoms with E-state index in [-0.39, 0.29) is 22.8 Å². The maximum atomic E-state index is 12.7. The normalized spacial score (nSPS) is 12.6. The van der Waals surface area contributed by atoms with Crippen LogP contribution < -0.4 is 10.1 Å². The van der Waals surface area contributed by atoms with E-state index in [1.807, 2.05) is 19.1 Å². The van der Waals surface area contributed by atoms with Crippen molar-refractivity contribution < 1.29 is 22.7 Å². The predicted molar refractivity (Wildman–Crippen MR) is 114 cm³/mol. The third-order valence-corrected chi connectivity index (χ3v) is 4.45. The summed E-state index contributed by atoms with van der Waals surface area (Å²) in [7, 11) is 0. The molecule has 2 aromatic heterocycles. The summed E-state index contributed by atoms with van der Waals surface area (Å²) in [6.07, 6.45) is 2.19. The molecule has 2 heterocycles. The Hall–Kier alpha value is -3.46. The van der Waals surface area contributed by atoms with Crippen LogP contribution in [0.2, 0.25) is 5.02 Å². The molecule has 0 aliphatic carbocycles. The number of carbonyl (C=O) groups excluding carboxylic acids is 1. The van der Waals surface area contributed by atoms with E-state index in [2.05, 4.69) is 20.3 Å². The summed E-state index contributed by atoms with van der Waals surface area (Å²) in [5.41, 5.74) is 0.328. The lowest BCUT2D eigenvalue weighted by molar-refractivity contribution is -0.138. The summed E-state index contributed by atoms with van der Waals surface area (Å²) in [5, 5.41) is 2.97. The van der Waals surface area contributed by atoms with Crippen molar-refractivity contribution in [1.29, 1.82) is 0 Å². The van der Waals surface area contributed by atoms with Crippen LogP contribution in [-0.2, 0) is 11.0 Å². The average molecular weight is 463 g/mol. The molecule has 0 aliphatic heterocycles. The molecule has 32 heavy (non-hydrogen) atoms. The molecule has 0 unspecified atom stereocenters. The Bertz CT molecular complexity index is 1120. The van der Waals surface area contributed by atoms with E-state index in [0.717, 1.165) is 18.0 Å². The highest BCUT2D eigenvalue weighted by molar-refractivity contribution is 6.32.